The molecule has 3 atom stereocenters. The van der Waals surface area contributed by atoms with E-state index in [0.717, 1.165) is 28.4 Å². The number of fused-ring (bicyclic) bond motifs is 1. The quantitative estimate of drug-likeness (QED) is 0.127. The summed E-state index contributed by atoms with van der Waals surface area (Å²) >= 11 is 5.94. The van der Waals surface area contributed by atoms with Gasteiger partial charge in [0.1, 0.15) is 17.9 Å². The van der Waals surface area contributed by atoms with Crippen molar-refractivity contribution < 1.29 is 32.6 Å². The van der Waals surface area contributed by atoms with Gasteiger partial charge in [-0.3, -0.25) is 14.4 Å². The highest BCUT2D eigenvalue weighted by atomic mass is 35.5. The molecule has 1 aliphatic carbocycles. The standard InChI is InChI=1S/C34H35ClF3N3O5Si/c1-47(2,3)17-16-33(32(44)45)24(19-41-31(43)27-18-23(34(36,37)38)9-15-29(27)39-40-41)8-14-28(33)30(42)22-6-12-26(13-7-22)46-20-21-4-10-25(35)11-5-21/h4-7,9-13,15,18,24,28H,8,14,16-17,19-20H2,1-3H3,(H,44,45). The lowest BCUT2D eigenvalue weighted by molar-refractivity contribution is -0.154. The Kier molecular flexibility index (Phi) is 9.66. The molecule has 4 aromatic rings. The normalized spacial score (nSPS) is 20.0. The van der Waals surface area contributed by atoms with Gasteiger partial charge in [0.2, 0.25) is 0 Å². The van der Waals surface area contributed by atoms with Gasteiger partial charge in [-0.05, 0) is 85.3 Å². The van der Waals surface area contributed by atoms with Crippen LogP contribution < -0.4 is 10.3 Å². The summed E-state index contributed by atoms with van der Waals surface area (Å²) < 4.78 is 47.0. The van der Waals surface area contributed by atoms with E-state index in [1.165, 1.54) is 0 Å². The second-order valence-corrected chi connectivity index (χ2v) is 19.4. The maximum absolute atomic E-state index is 14.1. The molecule has 13 heteroatoms. The van der Waals surface area contributed by atoms with Crippen LogP contribution in [-0.4, -0.2) is 39.9 Å². The summed E-state index contributed by atoms with van der Waals surface area (Å²) in [4.78, 5) is 40.8. The van der Waals surface area contributed by atoms with Crippen LogP contribution in [0.5, 0.6) is 5.75 Å². The minimum atomic E-state index is -4.66. The predicted octanol–water partition coefficient (Wildman–Crippen LogP) is 7.75. The number of carbonyl (C=O) groups is 2. The number of halogens is 4. The molecule has 248 valence electrons. The molecule has 1 heterocycles. The van der Waals surface area contributed by atoms with E-state index in [0.29, 0.717) is 35.4 Å². The fraction of sp³-hybridized carbons (Fsp3) is 0.382. The fourth-order valence-electron chi connectivity index (χ4n) is 6.42. The number of aliphatic carboxylic acids is 1. The van der Waals surface area contributed by atoms with Crippen molar-refractivity contribution in [2.45, 2.75) is 64.3 Å². The summed E-state index contributed by atoms with van der Waals surface area (Å²) in [5, 5.41) is 19.1. The summed E-state index contributed by atoms with van der Waals surface area (Å²) in [5.41, 5.74) is -2.06. The van der Waals surface area contributed by atoms with Crippen molar-refractivity contribution in [1.82, 2.24) is 15.0 Å². The van der Waals surface area contributed by atoms with E-state index in [2.05, 4.69) is 30.0 Å². The Labute approximate surface area is 275 Å². The Balaban J connectivity index is 1.44. The van der Waals surface area contributed by atoms with Crippen LogP contribution in [0.4, 0.5) is 13.2 Å². The molecule has 0 spiro atoms. The number of ketones is 1. The Hall–Kier alpha value is -4.03. The number of carbonyl (C=O) groups excluding carboxylic acids is 1. The van der Waals surface area contributed by atoms with Crippen LogP contribution in [0, 0.1) is 17.3 Å². The molecular weight excluding hydrogens is 651 g/mol. The van der Waals surface area contributed by atoms with Gasteiger partial charge in [0, 0.05) is 24.6 Å². The van der Waals surface area contributed by atoms with E-state index in [-0.39, 0.29) is 36.1 Å². The first-order valence-electron chi connectivity index (χ1n) is 15.3. The first-order chi connectivity index (χ1) is 22.1. The first-order valence-corrected chi connectivity index (χ1v) is 19.4. The van der Waals surface area contributed by atoms with Crippen LogP contribution in [0.1, 0.15) is 40.7 Å². The highest BCUT2D eigenvalue weighted by molar-refractivity contribution is 6.76. The molecule has 0 aliphatic heterocycles. The second-order valence-electron chi connectivity index (χ2n) is 13.3. The van der Waals surface area contributed by atoms with E-state index in [9.17, 15) is 32.7 Å². The zero-order valence-electron chi connectivity index (χ0n) is 26.2. The van der Waals surface area contributed by atoms with Crippen molar-refractivity contribution in [2.24, 2.45) is 17.3 Å². The molecule has 1 aromatic heterocycles. The molecule has 47 heavy (non-hydrogen) atoms. The average Bonchev–Trinajstić information content (AvgIpc) is 3.39. The van der Waals surface area contributed by atoms with Crippen LogP contribution in [0.25, 0.3) is 10.9 Å². The molecular formula is C34H35ClF3N3O5Si. The van der Waals surface area contributed by atoms with Crippen LogP contribution in [0.15, 0.2) is 71.5 Å². The number of hydrogen-bond donors (Lipinski definition) is 1. The lowest BCUT2D eigenvalue weighted by Crippen LogP contribution is -2.46. The van der Waals surface area contributed by atoms with Gasteiger partial charge in [-0.2, -0.15) is 13.2 Å². The number of ether oxygens (including phenoxy) is 1. The van der Waals surface area contributed by atoms with Crippen LogP contribution in [0.3, 0.4) is 0 Å². The molecule has 8 nitrogen and oxygen atoms in total. The largest absolute Gasteiger partial charge is 0.489 e. The molecule has 1 fully saturated rings. The number of carboxylic acid groups (broad SMARTS) is 1. The van der Waals surface area contributed by atoms with Crippen molar-refractivity contribution in [2.75, 3.05) is 0 Å². The first kappa shape index (κ1) is 34.3. The van der Waals surface area contributed by atoms with Crippen molar-refractivity contribution in [3.05, 3.63) is 98.8 Å². The average molecular weight is 686 g/mol. The summed E-state index contributed by atoms with van der Waals surface area (Å²) in [7, 11) is -1.80. The number of benzene rings is 3. The summed E-state index contributed by atoms with van der Waals surface area (Å²) in [6.07, 6.45) is -3.87. The van der Waals surface area contributed by atoms with E-state index >= 15 is 0 Å². The van der Waals surface area contributed by atoms with Gasteiger partial charge in [-0.15, -0.1) is 5.10 Å². The zero-order chi connectivity index (χ0) is 34.1. The third-order valence-corrected chi connectivity index (χ3v) is 11.1. The summed E-state index contributed by atoms with van der Waals surface area (Å²) in [6.45, 7) is 6.44. The second kappa shape index (κ2) is 13.2. The van der Waals surface area contributed by atoms with Crippen LogP contribution in [-0.2, 0) is 24.1 Å². The Morgan fingerprint density at radius 1 is 1.04 bits per heavy atom. The number of alkyl halides is 3. The number of hydrogen-bond acceptors (Lipinski definition) is 6. The summed E-state index contributed by atoms with van der Waals surface area (Å²) in [6, 6.07) is 17.1. The van der Waals surface area contributed by atoms with Crippen molar-refractivity contribution >= 4 is 42.3 Å². The van der Waals surface area contributed by atoms with Gasteiger partial charge in [0.15, 0.2) is 5.78 Å². The molecule has 1 aliphatic rings. The third kappa shape index (κ3) is 7.43. The summed E-state index contributed by atoms with van der Waals surface area (Å²) in [5.74, 6) is -2.50. The third-order valence-electron chi connectivity index (χ3n) is 9.06. The molecule has 1 N–H and O–H groups in total. The predicted molar refractivity (Wildman–Crippen MR) is 174 cm³/mol. The van der Waals surface area contributed by atoms with Crippen LogP contribution in [0.2, 0.25) is 30.7 Å². The molecule has 0 bridgehead atoms. The van der Waals surface area contributed by atoms with Crippen molar-refractivity contribution in [1.29, 1.82) is 0 Å². The molecule has 0 saturated heterocycles. The number of aromatic nitrogens is 3. The highest BCUT2D eigenvalue weighted by Crippen LogP contribution is 2.54. The molecule has 0 amide bonds. The Morgan fingerprint density at radius 3 is 2.34 bits per heavy atom. The van der Waals surface area contributed by atoms with Crippen molar-refractivity contribution in [3.63, 3.8) is 0 Å². The molecule has 3 aromatic carbocycles. The van der Waals surface area contributed by atoms with Crippen LogP contribution >= 0.6 is 11.6 Å². The molecule has 5 rings (SSSR count). The van der Waals surface area contributed by atoms with Crippen molar-refractivity contribution in [3.8, 4) is 5.75 Å². The zero-order valence-corrected chi connectivity index (χ0v) is 27.9. The minimum absolute atomic E-state index is 0.00236. The van der Waals surface area contributed by atoms with E-state index in [1.807, 2.05) is 12.1 Å². The Bertz CT molecular complexity index is 1840. The van der Waals surface area contributed by atoms with Gasteiger partial charge < -0.3 is 9.84 Å². The number of nitrogens with zero attached hydrogens (tertiary/aromatic N) is 3. The van der Waals surface area contributed by atoms with Gasteiger partial charge >= 0.3 is 12.1 Å². The van der Waals surface area contributed by atoms with E-state index in [1.54, 1.807) is 36.4 Å². The number of carboxylic acids is 1. The van der Waals surface area contributed by atoms with Gasteiger partial charge in [0.25, 0.3) is 5.56 Å². The molecule has 3 unspecified atom stereocenters. The van der Waals surface area contributed by atoms with Gasteiger partial charge in [-0.25, -0.2) is 4.68 Å². The van der Waals surface area contributed by atoms with E-state index in [4.69, 9.17) is 16.3 Å². The Morgan fingerprint density at radius 2 is 1.72 bits per heavy atom. The van der Waals surface area contributed by atoms with Gasteiger partial charge in [-0.1, -0.05) is 54.6 Å². The van der Waals surface area contributed by atoms with Gasteiger partial charge in [0.05, 0.1) is 22.9 Å². The lowest BCUT2D eigenvalue weighted by Gasteiger charge is -2.37. The smallest absolute Gasteiger partial charge is 0.416 e. The van der Waals surface area contributed by atoms with E-state index < -0.39 is 48.6 Å². The fourth-order valence-corrected chi connectivity index (χ4v) is 7.71. The number of Topliss-reactive ketones (excluding diaryl/α,β-unsaturated/α-hetero) is 1. The lowest BCUT2D eigenvalue weighted by atomic mass is 9.67. The maximum Gasteiger partial charge on any atom is 0.416 e. The maximum atomic E-state index is 14.1. The number of rotatable bonds is 11. The molecule has 0 radical (unpaired) electrons. The molecule has 1 saturated carbocycles. The SMILES string of the molecule is C[Si](C)(C)CCC1(C(=O)O)C(Cn2nnc3ccc(C(F)(F)F)cc3c2=O)CCC1C(=O)c1ccc(OCc2ccc(Cl)cc2)cc1. The minimum Gasteiger partial charge on any atom is -0.489 e. The highest BCUT2D eigenvalue weighted by Gasteiger charge is 2.58. The topological polar surface area (TPSA) is 111 Å². The monoisotopic (exact) mass is 685 g/mol.